The maximum Gasteiger partial charge on any atom is 0.320 e. The lowest BCUT2D eigenvalue weighted by molar-refractivity contribution is -0.146. The normalized spacial score (nSPS) is 16.4. The Bertz CT molecular complexity index is 914. The molecule has 1 atom stereocenters. The molecule has 0 radical (unpaired) electrons. The van der Waals surface area contributed by atoms with Crippen LogP contribution in [-0.4, -0.2) is 30.7 Å². The van der Waals surface area contributed by atoms with Gasteiger partial charge in [0.15, 0.2) is 5.78 Å². The molecule has 0 N–H and O–H groups in total. The Hall–Kier alpha value is -2.27. The van der Waals surface area contributed by atoms with Crippen molar-refractivity contribution >= 4 is 23.5 Å². The summed E-state index contributed by atoms with van der Waals surface area (Å²) in [5.74, 6) is 0.178. The number of hydrogen-bond acceptors (Lipinski definition) is 5. The zero-order valence-corrected chi connectivity index (χ0v) is 19.7. The van der Waals surface area contributed by atoms with E-state index in [2.05, 4.69) is 0 Å². The molecular formula is C26H32O4S. The molecule has 1 saturated carbocycles. The molecule has 1 fully saturated rings. The van der Waals surface area contributed by atoms with Gasteiger partial charge >= 0.3 is 5.97 Å². The smallest absolute Gasteiger partial charge is 0.320 e. The topological polar surface area (TPSA) is 52.6 Å². The predicted molar refractivity (Wildman–Crippen MR) is 126 cm³/mol. The lowest BCUT2D eigenvalue weighted by Crippen LogP contribution is -2.43. The molecule has 0 bridgehead atoms. The van der Waals surface area contributed by atoms with Crippen molar-refractivity contribution in [1.82, 2.24) is 0 Å². The van der Waals surface area contributed by atoms with Gasteiger partial charge in [0, 0.05) is 5.75 Å². The van der Waals surface area contributed by atoms with Crippen molar-refractivity contribution in [3.8, 4) is 5.75 Å². The number of esters is 1. The van der Waals surface area contributed by atoms with Crippen molar-refractivity contribution in [3.63, 3.8) is 0 Å². The fourth-order valence-electron chi connectivity index (χ4n) is 4.43. The van der Waals surface area contributed by atoms with Gasteiger partial charge in [0.2, 0.25) is 0 Å². The van der Waals surface area contributed by atoms with E-state index in [1.165, 1.54) is 7.11 Å². The molecular weight excluding hydrogens is 408 g/mol. The van der Waals surface area contributed by atoms with Crippen LogP contribution in [0.2, 0.25) is 0 Å². The summed E-state index contributed by atoms with van der Waals surface area (Å²) in [6.45, 7) is 3.97. The van der Waals surface area contributed by atoms with Crippen LogP contribution in [0.25, 0.3) is 0 Å². The molecule has 1 aliphatic carbocycles. The Balaban J connectivity index is 1.92. The highest BCUT2D eigenvalue weighted by molar-refractivity contribution is 8.00. The van der Waals surface area contributed by atoms with Crippen LogP contribution in [0, 0.1) is 13.8 Å². The van der Waals surface area contributed by atoms with E-state index in [1.54, 1.807) is 18.9 Å². The molecule has 0 aromatic heterocycles. The summed E-state index contributed by atoms with van der Waals surface area (Å²) in [6, 6.07) is 13.9. The molecule has 31 heavy (non-hydrogen) atoms. The van der Waals surface area contributed by atoms with Crippen molar-refractivity contribution < 1.29 is 19.1 Å². The quantitative estimate of drug-likeness (QED) is 0.385. The van der Waals surface area contributed by atoms with Crippen LogP contribution in [0.4, 0.5) is 0 Å². The van der Waals surface area contributed by atoms with E-state index in [4.69, 9.17) is 9.47 Å². The maximum absolute atomic E-state index is 14.0. The molecule has 0 amide bonds. The molecule has 0 saturated heterocycles. The molecule has 5 heteroatoms. The minimum atomic E-state index is -0.882. The number of ketones is 1. The first-order valence-corrected chi connectivity index (χ1v) is 11.8. The van der Waals surface area contributed by atoms with Crippen molar-refractivity contribution in [2.75, 3.05) is 14.2 Å². The summed E-state index contributed by atoms with van der Waals surface area (Å²) >= 11 is 1.68. The van der Waals surface area contributed by atoms with Crippen molar-refractivity contribution in [2.45, 2.75) is 62.4 Å². The van der Waals surface area contributed by atoms with E-state index in [0.29, 0.717) is 0 Å². The van der Waals surface area contributed by atoms with Crippen LogP contribution < -0.4 is 4.74 Å². The van der Waals surface area contributed by atoms with E-state index in [1.807, 2.05) is 56.3 Å². The number of benzene rings is 2. The van der Waals surface area contributed by atoms with Crippen LogP contribution in [-0.2, 0) is 20.1 Å². The number of methoxy groups -OCH3 is 2. The van der Waals surface area contributed by atoms with Gasteiger partial charge in [-0.25, -0.2) is 0 Å². The first kappa shape index (κ1) is 23.4. The molecule has 3 rings (SSSR count). The van der Waals surface area contributed by atoms with Crippen LogP contribution in [0.5, 0.6) is 5.75 Å². The average Bonchev–Trinajstić information content (AvgIpc) is 2.80. The number of rotatable bonds is 8. The van der Waals surface area contributed by atoms with Crippen LogP contribution >= 0.6 is 11.8 Å². The molecule has 1 aliphatic rings. The van der Waals surface area contributed by atoms with Gasteiger partial charge in [-0.05, 0) is 55.5 Å². The van der Waals surface area contributed by atoms with Crippen molar-refractivity contribution in [3.05, 3.63) is 64.7 Å². The van der Waals surface area contributed by atoms with Gasteiger partial charge in [-0.3, -0.25) is 9.59 Å². The lowest BCUT2D eigenvalue weighted by Gasteiger charge is -2.37. The second-order valence-electron chi connectivity index (χ2n) is 8.37. The van der Waals surface area contributed by atoms with Crippen molar-refractivity contribution in [1.29, 1.82) is 0 Å². The Kier molecular flexibility index (Phi) is 7.82. The summed E-state index contributed by atoms with van der Waals surface area (Å²) in [5.41, 5.74) is 3.97. The number of hydrogen-bond donors (Lipinski definition) is 0. The lowest BCUT2D eigenvalue weighted by atomic mass is 9.77. The summed E-state index contributed by atoms with van der Waals surface area (Å²) in [7, 11) is 3.02. The standard InChI is InChI=1S/C26H32O4S/c1-18-8-13-22(19(2)16-18)23(25(28)30-4)24(27)26(14-6-5-7-15-26)31-17-20-9-11-21(29-3)12-10-20/h8-13,16,23H,5-7,14-15,17H2,1-4H3. The maximum atomic E-state index is 14.0. The largest absolute Gasteiger partial charge is 0.497 e. The summed E-state index contributed by atoms with van der Waals surface area (Å²) in [6.07, 6.45) is 4.73. The number of Topliss-reactive ketones (excluding diaryl/α,β-unsaturated/α-hetero) is 1. The third-order valence-electron chi connectivity index (χ3n) is 6.22. The molecule has 2 aromatic carbocycles. The first-order valence-electron chi connectivity index (χ1n) is 10.9. The SMILES string of the molecule is COC(=O)C(C(=O)C1(SCc2ccc(OC)cc2)CCCCC1)c1ccc(C)cc1C. The van der Waals surface area contributed by atoms with E-state index in [9.17, 15) is 9.59 Å². The monoisotopic (exact) mass is 440 g/mol. The number of thioether (sulfide) groups is 1. The average molecular weight is 441 g/mol. The van der Waals surface area contributed by atoms with Gasteiger partial charge in [-0.15, -0.1) is 11.8 Å². The fraction of sp³-hybridized carbons (Fsp3) is 0.462. The van der Waals surface area contributed by atoms with E-state index in [0.717, 1.165) is 65.9 Å². The summed E-state index contributed by atoms with van der Waals surface area (Å²) < 4.78 is 9.79. The van der Waals surface area contributed by atoms with Gasteiger partial charge in [0.25, 0.3) is 0 Å². The van der Waals surface area contributed by atoms with Crippen LogP contribution in [0.15, 0.2) is 42.5 Å². The van der Waals surface area contributed by atoms with Gasteiger partial charge in [-0.1, -0.05) is 55.2 Å². The number of carbonyl (C=O) groups excluding carboxylic acids is 2. The zero-order chi connectivity index (χ0) is 22.4. The van der Waals surface area contributed by atoms with Crippen molar-refractivity contribution in [2.24, 2.45) is 0 Å². The minimum Gasteiger partial charge on any atom is -0.497 e. The Labute approximate surface area is 189 Å². The third-order valence-corrected chi connectivity index (χ3v) is 7.86. The molecule has 1 unspecified atom stereocenters. The molecule has 166 valence electrons. The Morgan fingerprint density at radius 3 is 2.26 bits per heavy atom. The zero-order valence-electron chi connectivity index (χ0n) is 18.9. The summed E-state index contributed by atoms with van der Waals surface area (Å²) in [5, 5.41) is 0. The minimum absolute atomic E-state index is 0.00971. The summed E-state index contributed by atoms with van der Waals surface area (Å²) in [4.78, 5) is 26.9. The number of ether oxygens (including phenoxy) is 2. The van der Waals surface area contributed by atoms with E-state index in [-0.39, 0.29) is 5.78 Å². The highest BCUT2D eigenvalue weighted by atomic mass is 32.2. The molecule has 4 nitrogen and oxygen atoms in total. The van der Waals surface area contributed by atoms with Gasteiger partial charge in [0.05, 0.1) is 19.0 Å². The first-order chi connectivity index (χ1) is 14.9. The van der Waals surface area contributed by atoms with E-state index < -0.39 is 16.6 Å². The van der Waals surface area contributed by atoms with Gasteiger partial charge in [-0.2, -0.15) is 0 Å². The fourth-order valence-corrected chi connectivity index (χ4v) is 5.91. The predicted octanol–water partition coefficient (Wildman–Crippen LogP) is 5.77. The second kappa shape index (κ2) is 10.4. The third kappa shape index (κ3) is 5.32. The molecule has 2 aromatic rings. The highest BCUT2D eigenvalue weighted by Crippen LogP contribution is 2.46. The molecule has 0 aliphatic heterocycles. The van der Waals surface area contributed by atoms with E-state index >= 15 is 0 Å². The van der Waals surface area contributed by atoms with Crippen LogP contribution in [0.3, 0.4) is 0 Å². The number of aryl methyl sites for hydroxylation is 2. The Morgan fingerprint density at radius 2 is 1.68 bits per heavy atom. The van der Waals surface area contributed by atoms with Gasteiger partial charge < -0.3 is 9.47 Å². The highest BCUT2D eigenvalue weighted by Gasteiger charge is 2.46. The molecule has 0 heterocycles. The molecule has 0 spiro atoms. The van der Waals surface area contributed by atoms with Gasteiger partial charge in [0.1, 0.15) is 11.7 Å². The number of carbonyl (C=O) groups is 2. The second-order valence-corrected chi connectivity index (χ2v) is 9.73. The van der Waals surface area contributed by atoms with Crippen LogP contribution in [0.1, 0.15) is 60.3 Å². The Morgan fingerprint density at radius 1 is 1.00 bits per heavy atom.